The Hall–Kier alpha value is -2.59. The number of carbonyl (C=O) groups excluding carboxylic acids is 2. The van der Waals surface area contributed by atoms with Crippen LogP contribution in [0.3, 0.4) is 0 Å². The van der Waals surface area contributed by atoms with Crippen LogP contribution in [-0.4, -0.2) is 50.5 Å². The van der Waals surface area contributed by atoms with Crippen LogP contribution in [-0.2, 0) is 32.6 Å². The molecule has 40 heavy (non-hydrogen) atoms. The summed E-state index contributed by atoms with van der Waals surface area (Å²) in [5.41, 5.74) is 1.62. The Morgan fingerprint density at radius 2 is 1.62 bits per heavy atom. The number of sulfonamides is 1. The number of nitrogens with zero attached hydrogens (tertiary/aromatic N) is 2. The summed E-state index contributed by atoms with van der Waals surface area (Å²) in [6.45, 7) is 1.85. The van der Waals surface area contributed by atoms with Crippen LogP contribution in [0, 0.1) is 0 Å². The number of rotatable bonds is 13. The molecule has 0 radical (unpaired) electrons. The Balaban J connectivity index is 2.08. The predicted molar refractivity (Wildman–Crippen MR) is 165 cm³/mol. The lowest BCUT2D eigenvalue weighted by Gasteiger charge is -2.34. The van der Waals surface area contributed by atoms with Crippen LogP contribution in [0.15, 0.2) is 77.3 Å². The highest BCUT2D eigenvalue weighted by Crippen LogP contribution is 2.28. The molecule has 0 bridgehead atoms. The molecule has 2 amide bonds. The fourth-order valence-electron chi connectivity index (χ4n) is 4.16. The third-order valence-electron chi connectivity index (χ3n) is 6.27. The predicted octanol–water partition coefficient (Wildman–Crippen LogP) is 6.08. The molecule has 0 aliphatic carbocycles. The van der Waals surface area contributed by atoms with Crippen LogP contribution < -0.4 is 9.62 Å². The molecule has 0 aliphatic heterocycles. The monoisotopic (exact) mass is 667 g/mol. The normalized spacial score (nSPS) is 12.0. The van der Waals surface area contributed by atoms with Gasteiger partial charge < -0.3 is 10.2 Å². The zero-order valence-electron chi connectivity index (χ0n) is 22.3. The van der Waals surface area contributed by atoms with Gasteiger partial charge >= 0.3 is 0 Å². The molecule has 214 valence electrons. The Morgan fingerprint density at radius 3 is 2.23 bits per heavy atom. The molecule has 0 saturated heterocycles. The molecule has 0 spiro atoms. The number of nitrogens with one attached hydrogen (secondary N) is 1. The van der Waals surface area contributed by atoms with E-state index in [0.29, 0.717) is 32.3 Å². The van der Waals surface area contributed by atoms with Crippen molar-refractivity contribution in [3.63, 3.8) is 0 Å². The number of unbranched alkanes of at least 4 members (excludes halogenated alkanes) is 1. The Labute approximate surface area is 254 Å². The van der Waals surface area contributed by atoms with Gasteiger partial charge in [0, 0.05) is 39.6 Å². The van der Waals surface area contributed by atoms with E-state index in [9.17, 15) is 18.0 Å². The van der Waals surface area contributed by atoms with E-state index < -0.39 is 28.5 Å². The van der Waals surface area contributed by atoms with Crippen molar-refractivity contribution in [2.24, 2.45) is 0 Å². The molecule has 3 aromatic rings. The van der Waals surface area contributed by atoms with Gasteiger partial charge in [0.25, 0.3) is 0 Å². The van der Waals surface area contributed by atoms with Crippen molar-refractivity contribution in [3.8, 4) is 0 Å². The largest absolute Gasteiger partial charge is 0.354 e. The summed E-state index contributed by atoms with van der Waals surface area (Å²) in [4.78, 5) is 29.1. The van der Waals surface area contributed by atoms with E-state index in [0.717, 1.165) is 29.0 Å². The first-order chi connectivity index (χ1) is 19.0. The van der Waals surface area contributed by atoms with Crippen molar-refractivity contribution in [2.75, 3.05) is 23.7 Å². The average molecular weight is 669 g/mol. The van der Waals surface area contributed by atoms with Gasteiger partial charge in [-0.1, -0.05) is 94.9 Å². The molecule has 1 unspecified atom stereocenters. The first-order valence-electron chi connectivity index (χ1n) is 12.8. The molecule has 3 rings (SSSR count). The molecular weight excluding hydrogens is 637 g/mol. The molecular formula is C29H32BrCl2N3O4S. The van der Waals surface area contributed by atoms with Crippen LogP contribution in [0.2, 0.25) is 10.0 Å². The molecule has 0 aliphatic rings. The quantitative estimate of drug-likeness (QED) is 0.224. The highest BCUT2D eigenvalue weighted by atomic mass is 79.9. The Morgan fingerprint density at radius 1 is 0.975 bits per heavy atom. The lowest BCUT2D eigenvalue weighted by molar-refractivity contribution is -0.140. The smallest absolute Gasteiger partial charge is 0.244 e. The fourth-order valence-corrected chi connectivity index (χ4v) is 5.90. The molecule has 1 N–H and O–H groups in total. The van der Waals surface area contributed by atoms with Crippen molar-refractivity contribution in [1.82, 2.24) is 10.2 Å². The van der Waals surface area contributed by atoms with Crippen molar-refractivity contribution in [2.45, 2.75) is 38.8 Å². The van der Waals surface area contributed by atoms with E-state index in [1.165, 1.54) is 4.90 Å². The zero-order valence-corrected chi connectivity index (χ0v) is 26.2. The third kappa shape index (κ3) is 8.96. The highest BCUT2D eigenvalue weighted by Gasteiger charge is 2.33. The standard InChI is InChI=1S/C29H32BrCl2N3O4S/c1-3-4-16-33-29(37)27(17-21-10-6-5-7-11-21)34(19-24-25(31)14-9-15-26(24)32)28(36)20-35(40(2,38)39)23-13-8-12-22(30)18-23/h5-15,18,27H,3-4,16-17,19-20H2,1-2H3,(H,33,37). The fraction of sp³-hybridized carbons (Fsp3) is 0.310. The van der Waals surface area contributed by atoms with E-state index in [-0.39, 0.29) is 18.9 Å². The van der Waals surface area contributed by atoms with Gasteiger partial charge in [-0.25, -0.2) is 8.42 Å². The summed E-state index contributed by atoms with van der Waals surface area (Å²) in [5.74, 6) is -0.921. The van der Waals surface area contributed by atoms with Crippen molar-refractivity contribution in [3.05, 3.63) is 98.4 Å². The molecule has 0 saturated carbocycles. The van der Waals surface area contributed by atoms with Gasteiger partial charge in [0.2, 0.25) is 21.8 Å². The molecule has 3 aromatic carbocycles. The lowest BCUT2D eigenvalue weighted by atomic mass is 10.0. The topological polar surface area (TPSA) is 86.8 Å². The van der Waals surface area contributed by atoms with E-state index in [2.05, 4.69) is 21.2 Å². The first kappa shape index (κ1) is 31.9. The molecule has 11 heteroatoms. The van der Waals surface area contributed by atoms with Crippen LogP contribution in [0.4, 0.5) is 5.69 Å². The van der Waals surface area contributed by atoms with E-state index in [4.69, 9.17) is 23.2 Å². The summed E-state index contributed by atoms with van der Waals surface area (Å²) in [5, 5.41) is 3.61. The van der Waals surface area contributed by atoms with E-state index in [1.807, 2.05) is 37.3 Å². The second-order valence-electron chi connectivity index (χ2n) is 9.32. The van der Waals surface area contributed by atoms with E-state index >= 15 is 0 Å². The number of amides is 2. The van der Waals surface area contributed by atoms with Crippen molar-refractivity contribution < 1.29 is 18.0 Å². The van der Waals surface area contributed by atoms with Gasteiger partial charge in [-0.05, 0) is 42.3 Å². The van der Waals surface area contributed by atoms with E-state index in [1.54, 1.807) is 42.5 Å². The number of benzene rings is 3. The number of hydrogen-bond acceptors (Lipinski definition) is 4. The van der Waals surface area contributed by atoms with Gasteiger partial charge in [-0.2, -0.15) is 0 Å². The summed E-state index contributed by atoms with van der Waals surface area (Å²) in [6.07, 6.45) is 2.91. The number of carbonyl (C=O) groups is 2. The Kier molecular flexibility index (Phi) is 11.9. The molecule has 0 heterocycles. The van der Waals surface area contributed by atoms with Gasteiger partial charge in [-0.15, -0.1) is 0 Å². The van der Waals surface area contributed by atoms with Crippen LogP contribution in [0.5, 0.6) is 0 Å². The Bertz CT molecular complexity index is 1400. The zero-order chi connectivity index (χ0) is 29.3. The first-order valence-corrected chi connectivity index (χ1v) is 16.2. The summed E-state index contributed by atoms with van der Waals surface area (Å²) < 4.78 is 27.4. The summed E-state index contributed by atoms with van der Waals surface area (Å²) in [6, 6.07) is 20.0. The number of hydrogen-bond donors (Lipinski definition) is 1. The summed E-state index contributed by atoms with van der Waals surface area (Å²) in [7, 11) is -3.86. The maximum atomic E-state index is 14.1. The van der Waals surface area contributed by atoms with Crippen LogP contribution in [0.1, 0.15) is 30.9 Å². The average Bonchev–Trinajstić information content (AvgIpc) is 2.90. The van der Waals surface area contributed by atoms with Gasteiger partial charge in [0.1, 0.15) is 12.6 Å². The maximum Gasteiger partial charge on any atom is 0.244 e. The second-order valence-corrected chi connectivity index (χ2v) is 13.0. The van der Waals surface area contributed by atoms with Crippen molar-refractivity contribution in [1.29, 1.82) is 0 Å². The van der Waals surface area contributed by atoms with Crippen LogP contribution >= 0.6 is 39.1 Å². The SMILES string of the molecule is CCCCNC(=O)C(Cc1ccccc1)N(Cc1c(Cl)cccc1Cl)C(=O)CN(c1cccc(Br)c1)S(C)(=O)=O. The van der Waals surface area contributed by atoms with Crippen molar-refractivity contribution >= 4 is 66.7 Å². The molecule has 0 aromatic heterocycles. The summed E-state index contributed by atoms with van der Waals surface area (Å²) >= 11 is 16.3. The molecule has 0 fully saturated rings. The minimum Gasteiger partial charge on any atom is -0.354 e. The second kappa shape index (κ2) is 14.9. The minimum atomic E-state index is -3.86. The molecule has 7 nitrogen and oxygen atoms in total. The number of anilines is 1. The highest BCUT2D eigenvalue weighted by molar-refractivity contribution is 9.10. The minimum absolute atomic E-state index is 0.0911. The third-order valence-corrected chi connectivity index (χ3v) is 8.61. The van der Waals surface area contributed by atoms with Gasteiger partial charge in [-0.3, -0.25) is 13.9 Å². The lowest BCUT2D eigenvalue weighted by Crippen LogP contribution is -2.53. The van der Waals surface area contributed by atoms with Gasteiger partial charge in [0.05, 0.1) is 11.9 Å². The van der Waals surface area contributed by atoms with Crippen LogP contribution in [0.25, 0.3) is 0 Å². The number of halogens is 3. The maximum absolute atomic E-state index is 14.1. The van der Waals surface area contributed by atoms with Gasteiger partial charge in [0.15, 0.2) is 0 Å². The molecule has 1 atom stereocenters.